The predicted octanol–water partition coefficient (Wildman–Crippen LogP) is 1.21. The van der Waals surface area contributed by atoms with Crippen molar-refractivity contribution in [2.24, 2.45) is 0 Å². The fraction of sp³-hybridized carbons (Fsp3) is 0.333. The number of carbonyl (C=O) groups excluding carboxylic acids is 1. The van der Waals surface area contributed by atoms with Gasteiger partial charge in [0.1, 0.15) is 0 Å². The van der Waals surface area contributed by atoms with E-state index in [-0.39, 0.29) is 5.91 Å². The second-order valence-electron chi connectivity index (χ2n) is 3.51. The molecule has 1 aromatic heterocycles. The van der Waals surface area contributed by atoms with Gasteiger partial charge in [0, 0.05) is 13.5 Å². The number of amides is 1. The van der Waals surface area contributed by atoms with Crippen LogP contribution in [0.15, 0.2) is 18.2 Å². The first-order valence-electron chi connectivity index (χ1n) is 5.35. The van der Waals surface area contributed by atoms with Gasteiger partial charge in [-0.15, -0.1) is 0 Å². The van der Waals surface area contributed by atoms with Gasteiger partial charge >= 0.3 is 0 Å². The van der Waals surface area contributed by atoms with Gasteiger partial charge in [-0.2, -0.15) is 0 Å². The third-order valence-corrected chi connectivity index (χ3v) is 2.08. The number of nitrogens with one attached hydrogen (secondary N) is 1. The van der Waals surface area contributed by atoms with Crippen LogP contribution in [-0.4, -0.2) is 24.5 Å². The van der Waals surface area contributed by atoms with Gasteiger partial charge in [0.25, 0.3) is 0 Å². The van der Waals surface area contributed by atoms with Gasteiger partial charge in [0.15, 0.2) is 0 Å². The maximum absolute atomic E-state index is 10.6. The lowest BCUT2D eigenvalue weighted by Gasteiger charge is -2.03. The van der Waals surface area contributed by atoms with Gasteiger partial charge in [-0.1, -0.05) is 6.08 Å². The number of nitrogen functional groups attached to an aromatic ring is 1. The topological polar surface area (TPSA) is 77.2 Å². The molecule has 17 heavy (non-hydrogen) atoms. The summed E-state index contributed by atoms with van der Waals surface area (Å²) in [6, 6.07) is 3.56. The number of anilines is 1. The molecule has 1 rings (SSSR count). The van der Waals surface area contributed by atoms with Crippen LogP contribution < -0.4 is 15.8 Å². The Morgan fingerprint density at radius 3 is 3.00 bits per heavy atom. The predicted molar refractivity (Wildman–Crippen MR) is 67.5 cm³/mol. The van der Waals surface area contributed by atoms with Crippen LogP contribution in [0.3, 0.4) is 0 Å². The molecule has 5 nitrogen and oxygen atoms in total. The first kappa shape index (κ1) is 13.0. The minimum atomic E-state index is -0.0225. The lowest BCUT2D eigenvalue weighted by molar-refractivity contribution is -0.118. The number of pyridine rings is 1. The van der Waals surface area contributed by atoms with Crippen molar-refractivity contribution in [3.63, 3.8) is 0 Å². The maximum Gasteiger partial charge on any atom is 0.237 e. The molecule has 0 atom stereocenters. The standard InChI is InChI=1S/C12H17N3O2/c1-9(16)14-8-4-3-5-10-6-7-11(13)12(15-10)17-2/h3,5-7H,4,8,13H2,1-2H3,(H,14,16). The SMILES string of the molecule is COc1nc(C=CCCNC(C)=O)ccc1N. The molecule has 0 aliphatic rings. The molecule has 0 saturated carbocycles. The van der Waals surface area contributed by atoms with Crippen molar-refractivity contribution in [2.75, 3.05) is 19.4 Å². The van der Waals surface area contributed by atoms with E-state index >= 15 is 0 Å². The highest BCUT2D eigenvalue weighted by Gasteiger charge is 1.99. The van der Waals surface area contributed by atoms with Crippen LogP contribution in [0.4, 0.5) is 5.69 Å². The fourth-order valence-electron chi connectivity index (χ4n) is 1.26. The van der Waals surface area contributed by atoms with Gasteiger partial charge in [0.05, 0.1) is 18.5 Å². The van der Waals surface area contributed by atoms with Crippen LogP contribution in [0.5, 0.6) is 5.88 Å². The summed E-state index contributed by atoms with van der Waals surface area (Å²) in [5.74, 6) is 0.402. The van der Waals surface area contributed by atoms with Gasteiger partial charge in [0.2, 0.25) is 11.8 Å². The Bertz CT molecular complexity index is 416. The van der Waals surface area contributed by atoms with E-state index in [1.54, 1.807) is 6.07 Å². The van der Waals surface area contributed by atoms with Gasteiger partial charge in [-0.05, 0) is 24.6 Å². The van der Waals surface area contributed by atoms with Crippen molar-refractivity contribution in [3.8, 4) is 5.88 Å². The highest BCUT2D eigenvalue weighted by atomic mass is 16.5. The Morgan fingerprint density at radius 2 is 2.35 bits per heavy atom. The van der Waals surface area contributed by atoms with E-state index < -0.39 is 0 Å². The van der Waals surface area contributed by atoms with Gasteiger partial charge in [-0.3, -0.25) is 4.79 Å². The molecule has 0 fully saturated rings. The number of ether oxygens (including phenoxy) is 1. The Labute approximate surface area is 101 Å². The molecule has 0 aliphatic heterocycles. The van der Waals surface area contributed by atoms with E-state index in [0.29, 0.717) is 18.1 Å². The van der Waals surface area contributed by atoms with Crippen LogP contribution in [0, 0.1) is 0 Å². The molecule has 3 N–H and O–H groups in total. The van der Waals surface area contributed by atoms with Crippen molar-refractivity contribution >= 4 is 17.7 Å². The molecule has 1 amide bonds. The van der Waals surface area contributed by atoms with Crippen LogP contribution >= 0.6 is 0 Å². The smallest absolute Gasteiger partial charge is 0.237 e. The monoisotopic (exact) mass is 235 g/mol. The molecule has 0 saturated heterocycles. The molecule has 0 aromatic carbocycles. The zero-order valence-electron chi connectivity index (χ0n) is 10.1. The lowest BCUT2D eigenvalue weighted by Crippen LogP contribution is -2.20. The molecular weight excluding hydrogens is 218 g/mol. The normalized spacial score (nSPS) is 10.5. The van der Waals surface area contributed by atoms with Crippen LogP contribution in [0.2, 0.25) is 0 Å². The Balaban J connectivity index is 2.50. The summed E-state index contributed by atoms with van der Waals surface area (Å²) in [6.45, 7) is 2.12. The Hall–Kier alpha value is -2.04. The molecular formula is C12H17N3O2. The van der Waals surface area contributed by atoms with E-state index in [1.165, 1.54) is 14.0 Å². The van der Waals surface area contributed by atoms with Crippen molar-refractivity contribution in [1.82, 2.24) is 10.3 Å². The van der Waals surface area contributed by atoms with Crippen molar-refractivity contribution in [1.29, 1.82) is 0 Å². The molecule has 0 spiro atoms. The summed E-state index contributed by atoms with van der Waals surface area (Å²) in [4.78, 5) is 14.8. The fourth-order valence-corrected chi connectivity index (χ4v) is 1.26. The van der Waals surface area contributed by atoms with Crippen LogP contribution in [-0.2, 0) is 4.79 Å². The molecule has 0 bridgehead atoms. The third-order valence-electron chi connectivity index (χ3n) is 2.08. The molecule has 0 radical (unpaired) electrons. The zero-order valence-corrected chi connectivity index (χ0v) is 10.1. The number of hydrogen-bond donors (Lipinski definition) is 2. The number of methoxy groups -OCH3 is 1. The summed E-state index contributed by atoms with van der Waals surface area (Å²) in [7, 11) is 1.53. The first-order valence-corrected chi connectivity index (χ1v) is 5.35. The van der Waals surface area contributed by atoms with E-state index in [0.717, 1.165) is 12.1 Å². The maximum atomic E-state index is 10.6. The molecule has 1 aromatic rings. The number of nitrogens with two attached hydrogens (primary N) is 1. The van der Waals surface area contributed by atoms with E-state index in [2.05, 4.69) is 10.3 Å². The molecule has 0 unspecified atom stereocenters. The highest BCUT2D eigenvalue weighted by molar-refractivity contribution is 5.72. The summed E-state index contributed by atoms with van der Waals surface area (Å²) in [6.07, 6.45) is 4.56. The summed E-state index contributed by atoms with van der Waals surface area (Å²) < 4.78 is 5.02. The number of carbonyl (C=O) groups is 1. The Morgan fingerprint density at radius 1 is 1.59 bits per heavy atom. The quantitative estimate of drug-likeness (QED) is 0.752. The Kier molecular flexibility index (Phi) is 5.00. The minimum Gasteiger partial charge on any atom is -0.480 e. The number of aromatic nitrogens is 1. The zero-order chi connectivity index (χ0) is 12.7. The number of nitrogens with zero attached hydrogens (tertiary/aromatic N) is 1. The second kappa shape index (κ2) is 6.52. The van der Waals surface area contributed by atoms with E-state index in [9.17, 15) is 4.79 Å². The number of hydrogen-bond acceptors (Lipinski definition) is 4. The molecule has 5 heteroatoms. The first-order chi connectivity index (χ1) is 8.13. The van der Waals surface area contributed by atoms with Crippen molar-refractivity contribution in [2.45, 2.75) is 13.3 Å². The lowest BCUT2D eigenvalue weighted by atomic mass is 10.3. The molecule has 0 aliphatic carbocycles. The van der Waals surface area contributed by atoms with Crippen molar-refractivity contribution < 1.29 is 9.53 Å². The third kappa shape index (κ3) is 4.55. The van der Waals surface area contributed by atoms with Crippen molar-refractivity contribution in [3.05, 3.63) is 23.9 Å². The van der Waals surface area contributed by atoms with E-state index in [4.69, 9.17) is 10.5 Å². The summed E-state index contributed by atoms with van der Waals surface area (Å²) >= 11 is 0. The minimum absolute atomic E-state index is 0.0225. The van der Waals surface area contributed by atoms with Crippen LogP contribution in [0.1, 0.15) is 19.0 Å². The van der Waals surface area contributed by atoms with Gasteiger partial charge in [-0.25, -0.2) is 4.98 Å². The number of rotatable bonds is 5. The van der Waals surface area contributed by atoms with E-state index in [1.807, 2.05) is 18.2 Å². The molecule has 1 heterocycles. The van der Waals surface area contributed by atoms with Gasteiger partial charge < -0.3 is 15.8 Å². The highest BCUT2D eigenvalue weighted by Crippen LogP contribution is 2.18. The summed E-state index contributed by atoms with van der Waals surface area (Å²) in [5, 5.41) is 2.71. The molecule has 92 valence electrons. The average molecular weight is 235 g/mol. The van der Waals surface area contributed by atoms with Crippen LogP contribution in [0.25, 0.3) is 6.08 Å². The average Bonchev–Trinajstić information content (AvgIpc) is 2.30. The second-order valence-corrected chi connectivity index (χ2v) is 3.51. The largest absolute Gasteiger partial charge is 0.480 e. The summed E-state index contributed by atoms with van der Waals surface area (Å²) in [5.41, 5.74) is 6.94.